The summed E-state index contributed by atoms with van der Waals surface area (Å²) in [4.78, 5) is 2.46. The summed E-state index contributed by atoms with van der Waals surface area (Å²) in [6.45, 7) is 11.1. The van der Waals surface area contributed by atoms with Gasteiger partial charge in [-0.05, 0) is 13.3 Å². The fourth-order valence-corrected chi connectivity index (χ4v) is 2.58. The van der Waals surface area contributed by atoms with E-state index in [-0.39, 0.29) is 0 Å². The molecule has 0 radical (unpaired) electrons. The Labute approximate surface area is 110 Å². The molecule has 2 rings (SSSR count). The Bertz CT molecular complexity index is 216. The van der Waals surface area contributed by atoms with Crippen molar-refractivity contribution < 1.29 is 9.47 Å². The predicted molar refractivity (Wildman–Crippen MR) is 72.0 cm³/mol. The van der Waals surface area contributed by atoms with Crippen molar-refractivity contribution in [2.24, 2.45) is 0 Å². The summed E-state index contributed by atoms with van der Waals surface area (Å²) in [6.07, 6.45) is 1.14. The topological polar surface area (TPSA) is 45.8 Å². The summed E-state index contributed by atoms with van der Waals surface area (Å²) in [6, 6.07) is 1.06. The number of nitrogens with zero attached hydrogens (tertiary/aromatic N) is 1. The summed E-state index contributed by atoms with van der Waals surface area (Å²) in [7, 11) is 0. The van der Waals surface area contributed by atoms with Gasteiger partial charge >= 0.3 is 0 Å². The fraction of sp³-hybridized carbons (Fsp3) is 1.00. The number of nitrogens with one attached hydrogen (secondary N) is 2. The standard InChI is InChI=1S/C13H27N3O2/c1-12(10-13-11-18-7-3-15-13)14-2-4-16-5-8-17-9-6-16/h12-15H,2-11H2,1H3. The maximum Gasteiger partial charge on any atom is 0.0620 e. The zero-order chi connectivity index (χ0) is 12.6. The minimum atomic E-state index is 0.518. The number of hydrogen-bond acceptors (Lipinski definition) is 5. The van der Waals surface area contributed by atoms with E-state index in [2.05, 4.69) is 22.5 Å². The van der Waals surface area contributed by atoms with E-state index < -0.39 is 0 Å². The highest BCUT2D eigenvalue weighted by molar-refractivity contribution is 4.76. The number of rotatable bonds is 6. The molecule has 0 spiro atoms. The van der Waals surface area contributed by atoms with Gasteiger partial charge in [-0.2, -0.15) is 0 Å². The highest BCUT2D eigenvalue weighted by atomic mass is 16.5. The van der Waals surface area contributed by atoms with Crippen LogP contribution in [0.5, 0.6) is 0 Å². The molecular formula is C13H27N3O2. The van der Waals surface area contributed by atoms with Gasteiger partial charge in [0.25, 0.3) is 0 Å². The van der Waals surface area contributed by atoms with Crippen molar-refractivity contribution in [1.82, 2.24) is 15.5 Å². The van der Waals surface area contributed by atoms with E-state index in [4.69, 9.17) is 9.47 Å². The average molecular weight is 257 g/mol. The fourth-order valence-electron chi connectivity index (χ4n) is 2.58. The largest absolute Gasteiger partial charge is 0.379 e. The lowest BCUT2D eigenvalue weighted by Gasteiger charge is -2.29. The molecule has 2 aliphatic rings. The molecule has 2 atom stereocenters. The van der Waals surface area contributed by atoms with E-state index >= 15 is 0 Å². The molecule has 2 heterocycles. The van der Waals surface area contributed by atoms with Crippen LogP contribution in [-0.4, -0.2) is 76.1 Å². The second-order valence-electron chi connectivity index (χ2n) is 5.27. The number of hydrogen-bond donors (Lipinski definition) is 2. The molecule has 0 amide bonds. The Balaban J connectivity index is 1.52. The molecule has 0 aromatic rings. The normalized spacial score (nSPS) is 28.2. The van der Waals surface area contributed by atoms with Gasteiger partial charge in [-0.3, -0.25) is 4.90 Å². The van der Waals surface area contributed by atoms with Gasteiger partial charge < -0.3 is 20.1 Å². The third-order valence-corrected chi connectivity index (χ3v) is 3.66. The van der Waals surface area contributed by atoms with Crippen LogP contribution in [0.2, 0.25) is 0 Å². The molecule has 106 valence electrons. The van der Waals surface area contributed by atoms with E-state index in [9.17, 15) is 0 Å². The Morgan fingerprint density at radius 3 is 2.83 bits per heavy atom. The third kappa shape index (κ3) is 5.20. The van der Waals surface area contributed by atoms with Gasteiger partial charge in [-0.25, -0.2) is 0 Å². The molecular weight excluding hydrogens is 230 g/mol. The smallest absolute Gasteiger partial charge is 0.0620 e. The molecule has 0 saturated carbocycles. The second-order valence-corrected chi connectivity index (χ2v) is 5.27. The van der Waals surface area contributed by atoms with Crippen molar-refractivity contribution in [3.05, 3.63) is 0 Å². The maximum absolute atomic E-state index is 5.47. The summed E-state index contributed by atoms with van der Waals surface area (Å²) in [5.74, 6) is 0. The highest BCUT2D eigenvalue weighted by Gasteiger charge is 2.16. The monoisotopic (exact) mass is 257 g/mol. The Hall–Kier alpha value is -0.200. The van der Waals surface area contributed by atoms with Crippen LogP contribution in [-0.2, 0) is 9.47 Å². The molecule has 2 N–H and O–H groups in total. The highest BCUT2D eigenvalue weighted by Crippen LogP contribution is 2.02. The van der Waals surface area contributed by atoms with Crippen LogP contribution in [0, 0.1) is 0 Å². The van der Waals surface area contributed by atoms with Gasteiger partial charge in [0.15, 0.2) is 0 Å². The van der Waals surface area contributed by atoms with Gasteiger partial charge in [0.1, 0.15) is 0 Å². The number of ether oxygens (including phenoxy) is 2. The van der Waals surface area contributed by atoms with Crippen LogP contribution in [0.1, 0.15) is 13.3 Å². The molecule has 0 aromatic heterocycles. The van der Waals surface area contributed by atoms with Crippen LogP contribution < -0.4 is 10.6 Å². The van der Waals surface area contributed by atoms with E-state index in [1.807, 2.05) is 0 Å². The quantitative estimate of drug-likeness (QED) is 0.682. The first-order valence-corrected chi connectivity index (χ1v) is 7.19. The van der Waals surface area contributed by atoms with Crippen molar-refractivity contribution in [1.29, 1.82) is 0 Å². The lowest BCUT2D eigenvalue weighted by Crippen LogP contribution is -2.46. The summed E-state index contributed by atoms with van der Waals surface area (Å²) < 4.78 is 10.8. The summed E-state index contributed by atoms with van der Waals surface area (Å²) >= 11 is 0. The molecule has 5 heteroatoms. The number of morpholine rings is 2. The van der Waals surface area contributed by atoms with E-state index in [1.54, 1.807) is 0 Å². The maximum atomic E-state index is 5.47. The first-order valence-electron chi connectivity index (χ1n) is 7.19. The average Bonchev–Trinajstić information content (AvgIpc) is 2.41. The van der Waals surface area contributed by atoms with Gasteiger partial charge in [0, 0.05) is 44.8 Å². The summed E-state index contributed by atoms with van der Waals surface area (Å²) in [5, 5.41) is 7.10. The minimum absolute atomic E-state index is 0.518. The first-order chi connectivity index (χ1) is 8.84. The predicted octanol–water partition coefficient (Wildman–Crippen LogP) is -0.325. The van der Waals surface area contributed by atoms with Crippen molar-refractivity contribution in [3.63, 3.8) is 0 Å². The first kappa shape index (κ1) is 14.2. The SMILES string of the molecule is CC(CC1COCCN1)NCCN1CCOCC1. The van der Waals surface area contributed by atoms with Crippen molar-refractivity contribution >= 4 is 0 Å². The molecule has 2 fully saturated rings. The van der Waals surface area contributed by atoms with E-state index in [0.29, 0.717) is 12.1 Å². The van der Waals surface area contributed by atoms with Crippen LogP contribution in [0.15, 0.2) is 0 Å². The molecule has 0 bridgehead atoms. The zero-order valence-electron chi connectivity index (χ0n) is 11.5. The van der Waals surface area contributed by atoms with Crippen LogP contribution in [0.25, 0.3) is 0 Å². The molecule has 18 heavy (non-hydrogen) atoms. The van der Waals surface area contributed by atoms with Gasteiger partial charge in [0.05, 0.1) is 26.4 Å². The summed E-state index contributed by atoms with van der Waals surface area (Å²) in [5.41, 5.74) is 0. The Kier molecular flexibility index (Phi) is 6.37. The van der Waals surface area contributed by atoms with Crippen LogP contribution in [0.3, 0.4) is 0 Å². The van der Waals surface area contributed by atoms with Crippen LogP contribution in [0.4, 0.5) is 0 Å². The lowest BCUT2D eigenvalue weighted by atomic mass is 10.1. The Morgan fingerprint density at radius 2 is 2.11 bits per heavy atom. The van der Waals surface area contributed by atoms with Gasteiger partial charge in [-0.1, -0.05) is 0 Å². The van der Waals surface area contributed by atoms with Crippen molar-refractivity contribution in [2.45, 2.75) is 25.4 Å². The van der Waals surface area contributed by atoms with E-state index in [0.717, 1.165) is 65.6 Å². The zero-order valence-corrected chi connectivity index (χ0v) is 11.5. The Morgan fingerprint density at radius 1 is 1.28 bits per heavy atom. The van der Waals surface area contributed by atoms with Gasteiger partial charge in [-0.15, -0.1) is 0 Å². The van der Waals surface area contributed by atoms with Crippen LogP contribution >= 0.6 is 0 Å². The van der Waals surface area contributed by atoms with E-state index in [1.165, 1.54) is 0 Å². The van der Waals surface area contributed by atoms with Crippen molar-refractivity contribution in [3.8, 4) is 0 Å². The second kappa shape index (κ2) is 8.07. The molecule has 0 aliphatic carbocycles. The molecule has 2 aliphatic heterocycles. The molecule has 2 saturated heterocycles. The molecule has 0 aromatic carbocycles. The lowest BCUT2D eigenvalue weighted by molar-refractivity contribution is 0.0378. The molecule has 5 nitrogen and oxygen atoms in total. The van der Waals surface area contributed by atoms with Gasteiger partial charge in [0.2, 0.25) is 0 Å². The van der Waals surface area contributed by atoms with Crippen molar-refractivity contribution in [2.75, 3.05) is 59.2 Å². The molecule has 2 unspecified atom stereocenters. The minimum Gasteiger partial charge on any atom is -0.379 e. The third-order valence-electron chi connectivity index (χ3n) is 3.66.